The van der Waals surface area contributed by atoms with Crippen LogP contribution in [0.2, 0.25) is 10.0 Å². The van der Waals surface area contributed by atoms with E-state index in [2.05, 4.69) is 5.32 Å². The zero-order valence-corrected chi connectivity index (χ0v) is 12.9. The first-order valence-corrected chi connectivity index (χ1v) is 7.87. The number of hydrogen-bond acceptors (Lipinski definition) is 3. The molecule has 0 aliphatic heterocycles. The average molecular weight is 330 g/mol. The summed E-state index contributed by atoms with van der Waals surface area (Å²) < 4.78 is 5.13. The van der Waals surface area contributed by atoms with Crippen molar-refractivity contribution in [3.8, 4) is 0 Å². The van der Waals surface area contributed by atoms with Gasteiger partial charge in [-0.25, -0.2) is 0 Å². The van der Waals surface area contributed by atoms with E-state index in [-0.39, 0.29) is 5.91 Å². The third-order valence-electron chi connectivity index (χ3n) is 2.53. The highest BCUT2D eigenvalue weighted by atomic mass is 35.5. The van der Waals surface area contributed by atoms with Crippen molar-refractivity contribution < 1.29 is 9.21 Å². The Morgan fingerprint density at radius 2 is 2.10 bits per heavy atom. The molecule has 0 unspecified atom stereocenters. The van der Waals surface area contributed by atoms with Crippen LogP contribution < -0.4 is 5.32 Å². The van der Waals surface area contributed by atoms with Crippen LogP contribution in [0.5, 0.6) is 0 Å². The molecule has 0 fully saturated rings. The zero-order valence-electron chi connectivity index (χ0n) is 10.6. The normalized spacial score (nSPS) is 10.5. The highest BCUT2D eigenvalue weighted by molar-refractivity contribution is 7.99. The Balaban J connectivity index is 1.69. The van der Waals surface area contributed by atoms with Crippen molar-refractivity contribution in [2.75, 3.05) is 5.75 Å². The van der Waals surface area contributed by atoms with Gasteiger partial charge in [0.1, 0.15) is 5.76 Å². The van der Waals surface area contributed by atoms with Gasteiger partial charge < -0.3 is 9.73 Å². The van der Waals surface area contributed by atoms with Gasteiger partial charge in [0.05, 0.1) is 28.6 Å². The molecule has 1 heterocycles. The summed E-state index contributed by atoms with van der Waals surface area (Å²) in [6, 6.07) is 9.10. The van der Waals surface area contributed by atoms with Gasteiger partial charge in [0, 0.05) is 5.75 Å². The molecule has 1 aromatic carbocycles. The largest absolute Gasteiger partial charge is 0.467 e. The first-order valence-electron chi connectivity index (χ1n) is 5.96. The molecule has 0 bridgehead atoms. The number of furan rings is 1. The van der Waals surface area contributed by atoms with Crippen LogP contribution in [-0.2, 0) is 17.1 Å². The first-order chi connectivity index (χ1) is 9.65. The van der Waals surface area contributed by atoms with Gasteiger partial charge in [-0.3, -0.25) is 4.79 Å². The van der Waals surface area contributed by atoms with Gasteiger partial charge in [0.2, 0.25) is 5.91 Å². The van der Waals surface area contributed by atoms with E-state index >= 15 is 0 Å². The molecule has 0 saturated heterocycles. The Hall–Kier alpha value is -1.10. The Morgan fingerprint density at radius 3 is 2.80 bits per heavy atom. The first kappa shape index (κ1) is 15.3. The van der Waals surface area contributed by atoms with Crippen LogP contribution in [0.3, 0.4) is 0 Å². The highest BCUT2D eigenvalue weighted by Crippen LogP contribution is 2.24. The summed E-state index contributed by atoms with van der Waals surface area (Å²) in [5.74, 6) is 1.82. The number of rotatable bonds is 6. The minimum atomic E-state index is -0.0218. The van der Waals surface area contributed by atoms with E-state index in [1.54, 1.807) is 18.4 Å². The van der Waals surface area contributed by atoms with Crippen molar-refractivity contribution in [2.45, 2.75) is 12.3 Å². The van der Waals surface area contributed by atoms with Crippen molar-refractivity contribution in [1.29, 1.82) is 0 Å². The molecule has 3 nitrogen and oxygen atoms in total. The van der Waals surface area contributed by atoms with Gasteiger partial charge in [-0.2, -0.15) is 0 Å². The van der Waals surface area contributed by atoms with Gasteiger partial charge in [0.15, 0.2) is 0 Å². The lowest BCUT2D eigenvalue weighted by atomic mass is 10.2. The van der Waals surface area contributed by atoms with E-state index in [9.17, 15) is 4.79 Å². The van der Waals surface area contributed by atoms with Crippen molar-refractivity contribution in [3.63, 3.8) is 0 Å². The molecule has 6 heteroatoms. The molecule has 0 spiro atoms. The second kappa shape index (κ2) is 7.62. The smallest absolute Gasteiger partial charge is 0.230 e. The monoisotopic (exact) mass is 329 g/mol. The van der Waals surface area contributed by atoms with Crippen LogP contribution in [0, 0.1) is 0 Å². The summed E-state index contributed by atoms with van der Waals surface area (Å²) >= 11 is 13.3. The quantitative estimate of drug-likeness (QED) is 0.866. The SMILES string of the molecule is O=C(CSCc1ccc(Cl)c(Cl)c1)NCc1ccco1. The lowest BCUT2D eigenvalue weighted by molar-refractivity contribution is -0.118. The number of thioether (sulfide) groups is 1. The van der Waals surface area contributed by atoms with Crippen molar-refractivity contribution in [2.24, 2.45) is 0 Å². The van der Waals surface area contributed by atoms with E-state index in [1.807, 2.05) is 18.2 Å². The Kier molecular flexibility index (Phi) is 5.83. The molecule has 0 radical (unpaired) electrons. The van der Waals surface area contributed by atoms with E-state index in [4.69, 9.17) is 27.6 Å². The Bertz CT molecular complexity index is 573. The third kappa shape index (κ3) is 4.78. The van der Waals surface area contributed by atoms with E-state index in [0.29, 0.717) is 28.1 Å². The number of benzene rings is 1. The predicted molar refractivity (Wildman–Crippen MR) is 83.2 cm³/mol. The van der Waals surface area contributed by atoms with Crippen molar-refractivity contribution in [1.82, 2.24) is 5.32 Å². The minimum absolute atomic E-state index is 0.0218. The Morgan fingerprint density at radius 1 is 1.25 bits per heavy atom. The molecule has 0 atom stereocenters. The molecule has 2 aromatic rings. The fourth-order valence-electron chi connectivity index (χ4n) is 1.54. The summed E-state index contributed by atoms with van der Waals surface area (Å²) in [6.07, 6.45) is 1.58. The predicted octanol–water partition coefficient (Wildman–Crippen LogP) is 4.14. The van der Waals surface area contributed by atoms with Gasteiger partial charge in [0.25, 0.3) is 0 Å². The fraction of sp³-hybridized carbons (Fsp3) is 0.214. The highest BCUT2D eigenvalue weighted by Gasteiger charge is 2.04. The third-order valence-corrected chi connectivity index (χ3v) is 4.27. The summed E-state index contributed by atoms with van der Waals surface area (Å²) in [4.78, 5) is 11.6. The van der Waals surface area contributed by atoms with Crippen molar-refractivity contribution in [3.05, 3.63) is 58.0 Å². The fourth-order valence-corrected chi connectivity index (χ4v) is 2.67. The van der Waals surface area contributed by atoms with Gasteiger partial charge in [-0.1, -0.05) is 29.3 Å². The van der Waals surface area contributed by atoms with Crippen LogP contribution in [-0.4, -0.2) is 11.7 Å². The van der Waals surface area contributed by atoms with E-state index < -0.39 is 0 Å². The molecule has 1 aromatic heterocycles. The van der Waals surface area contributed by atoms with Crippen LogP contribution in [0.15, 0.2) is 41.0 Å². The van der Waals surface area contributed by atoms with Crippen molar-refractivity contribution >= 4 is 40.9 Å². The molecule has 0 aliphatic rings. The van der Waals surface area contributed by atoms with Gasteiger partial charge >= 0.3 is 0 Å². The summed E-state index contributed by atoms with van der Waals surface area (Å²) in [6.45, 7) is 0.416. The molecule has 2 rings (SSSR count). The summed E-state index contributed by atoms with van der Waals surface area (Å²) in [5.41, 5.74) is 1.04. The average Bonchev–Trinajstić information content (AvgIpc) is 2.94. The van der Waals surface area contributed by atoms with Crippen LogP contribution >= 0.6 is 35.0 Å². The van der Waals surface area contributed by atoms with Crippen LogP contribution in [0.4, 0.5) is 0 Å². The number of amides is 1. The number of halogens is 2. The molecule has 0 aliphatic carbocycles. The standard InChI is InChI=1S/C14H13Cl2NO2S/c15-12-4-3-10(6-13(12)16)8-20-9-14(18)17-7-11-2-1-5-19-11/h1-6H,7-9H2,(H,17,18). The topological polar surface area (TPSA) is 42.2 Å². The number of carbonyl (C=O) groups excluding carboxylic acids is 1. The Labute approximate surface area is 131 Å². The molecule has 0 saturated carbocycles. The maximum atomic E-state index is 11.6. The summed E-state index contributed by atoms with van der Waals surface area (Å²) in [5, 5.41) is 3.86. The van der Waals surface area contributed by atoms with Gasteiger partial charge in [-0.05, 0) is 29.8 Å². The zero-order chi connectivity index (χ0) is 14.4. The molecule has 106 valence electrons. The lowest BCUT2D eigenvalue weighted by Crippen LogP contribution is -2.24. The van der Waals surface area contributed by atoms with Crippen LogP contribution in [0.25, 0.3) is 0 Å². The molecular weight excluding hydrogens is 317 g/mol. The maximum Gasteiger partial charge on any atom is 0.230 e. The second-order valence-corrected chi connectivity index (χ2v) is 5.90. The maximum absolute atomic E-state index is 11.6. The number of hydrogen-bond donors (Lipinski definition) is 1. The number of carbonyl (C=O) groups is 1. The second-order valence-electron chi connectivity index (χ2n) is 4.10. The van der Waals surface area contributed by atoms with Gasteiger partial charge in [-0.15, -0.1) is 11.8 Å². The van der Waals surface area contributed by atoms with Crippen LogP contribution in [0.1, 0.15) is 11.3 Å². The van der Waals surface area contributed by atoms with E-state index in [1.165, 1.54) is 11.8 Å². The van der Waals surface area contributed by atoms with E-state index in [0.717, 1.165) is 11.3 Å². The molecule has 1 amide bonds. The lowest BCUT2D eigenvalue weighted by Gasteiger charge is -2.04. The summed E-state index contributed by atoms with van der Waals surface area (Å²) in [7, 11) is 0. The minimum Gasteiger partial charge on any atom is -0.467 e. The molecular formula is C14H13Cl2NO2S. The molecule has 1 N–H and O–H groups in total. The molecule has 20 heavy (non-hydrogen) atoms. The number of nitrogens with one attached hydrogen (secondary N) is 1.